The number of ether oxygens (including phenoxy) is 6. The predicted octanol–water partition coefficient (Wildman–Crippen LogP) is 4.89. The summed E-state index contributed by atoms with van der Waals surface area (Å²) < 4.78 is 37.9. The third kappa shape index (κ3) is 3.86. The molecule has 1 spiro atoms. The highest BCUT2D eigenvalue weighted by molar-refractivity contribution is 5.98. The Morgan fingerprint density at radius 2 is 1.63 bits per heavy atom. The Balaban J connectivity index is 1.27. The van der Waals surface area contributed by atoms with E-state index < -0.39 is 34.3 Å². The first-order valence-electron chi connectivity index (χ1n) is 16.2. The molecular formula is C34H48O9. The number of epoxide rings is 1. The van der Waals surface area contributed by atoms with Gasteiger partial charge < -0.3 is 28.4 Å². The van der Waals surface area contributed by atoms with Crippen molar-refractivity contribution >= 4 is 17.7 Å². The quantitative estimate of drug-likeness (QED) is 0.329. The summed E-state index contributed by atoms with van der Waals surface area (Å²) >= 11 is 0. The zero-order valence-corrected chi connectivity index (χ0v) is 27.1. The maximum absolute atomic E-state index is 12.7. The van der Waals surface area contributed by atoms with Gasteiger partial charge in [0.2, 0.25) is 0 Å². The van der Waals surface area contributed by atoms with Gasteiger partial charge in [0.15, 0.2) is 11.9 Å². The Kier molecular flexibility index (Phi) is 6.20. The van der Waals surface area contributed by atoms with Crippen molar-refractivity contribution in [2.75, 3.05) is 0 Å². The average Bonchev–Trinajstić information content (AvgIpc) is 3.48. The fourth-order valence-corrected chi connectivity index (χ4v) is 11.3. The van der Waals surface area contributed by atoms with Crippen LogP contribution in [0.2, 0.25) is 0 Å². The van der Waals surface area contributed by atoms with E-state index in [0.717, 1.165) is 12.8 Å². The average molecular weight is 601 g/mol. The van der Waals surface area contributed by atoms with Crippen LogP contribution in [0, 0.1) is 40.4 Å². The van der Waals surface area contributed by atoms with E-state index in [-0.39, 0.29) is 71.0 Å². The van der Waals surface area contributed by atoms with E-state index in [2.05, 4.69) is 41.5 Å². The first-order chi connectivity index (χ1) is 19.9. The second kappa shape index (κ2) is 8.92. The molecule has 3 aliphatic heterocycles. The monoisotopic (exact) mass is 600 g/mol. The molecule has 3 heterocycles. The van der Waals surface area contributed by atoms with Crippen molar-refractivity contribution in [2.45, 2.75) is 142 Å². The van der Waals surface area contributed by atoms with Crippen molar-refractivity contribution in [2.24, 2.45) is 40.4 Å². The van der Waals surface area contributed by atoms with Gasteiger partial charge in [-0.3, -0.25) is 14.4 Å². The molecule has 43 heavy (non-hydrogen) atoms. The topological polar surface area (TPSA) is 110 Å². The minimum absolute atomic E-state index is 0.0126. The number of hydrogen-bond acceptors (Lipinski definition) is 9. The van der Waals surface area contributed by atoms with E-state index in [1.165, 1.54) is 13.8 Å². The molecule has 6 fully saturated rings. The summed E-state index contributed by atoms with van der Waals surface area (Å²) in [5.74, 6) is -1.23. The number of fused-ring (bicyclic) bond motifs is 6. The molecule has 0 radical (unpaired) electrons. The van der Waals surface area contributed by atoms with Gasteiger partial charge in [0.25, 0.3) is 5.97 Å². The number of rotatable bonds is 4. The summed E-state index contributed by atoms with van der Waals surface area (Å²) in [6.07, 6.45) is 6.09. The van der Waals surface area contributed by atoms with Gasteiger partial charge >= 0.3 is 11.9 Å². The second-order valence-corrected chi connectivity index (χ2v) is 16.0. The largest absolute Gasteiger partial charge is 0.462 e. The third-order valence-corrected chi connectivity index (χ3v) is 13.6. The van der Waals surface area contributed by atoms with Crippen LogP contribution in [-0.2, 0) is 42.8 Å². The molecule has 0 aromatic rings. The van der Waals surface area contributed by atoms with E-state index in [1.807, 2.05) is 13.0 Å². The summed E-state index contributed by atoms with van der Waals surface area (Å²) in [5.41, 5.74) is -2.50. The molecule has 238 valence electrons. The summed E-state index contributed by atoms with van der Waals surface area (Å²) in [7, 11) is 0. The van der Waals surface area contributed by atoms with E-state index in [4.69, 9.17) is 28.4 Å². The SMILES string of the molecule is CC(=O)O[C@H]1C[C@H]2[C@@H]([C@H](OC(C)=O)C[C@]34O[C@H]3C(=O)C=C[C@]24C)[C@@H]2CC[C@H]([C@H](C)[C@H]3C[C@@]4(C)O[C@@](C)(O3)OC4(C)C)[C@@]12C. The number of ketones is 1. The lowest BCUT2D eigenvalue weighted by Gasteiger charge is -2.62. The van der Waals surface area contributed by atoms with E-state index >= 15 is 0 Å². The number of carbonyl (C=O) groups excluding carboxylic acids is 3. The van der Waals surface area contributed by atoms with E-state index in [9.17, 15) is 14.4 Å². The lowest BCUT2D eigenvalue weighted by Crippen LogP contribution is -2.65. The molecule has 0 aromatic heterocycles. The maximum Gasteiger partial charge on any atom is 0.302 e. The van der Waals surface area contributed by atoms with Gasteiger partial charge in [0.05, 0.1) is 11.7 Å². The fourth-order valence-electron chi connectivity index (χ4n) is 11.3. The minimum Gasteiger partial charge on any atom is -0.462 e. The lowest BCUT2D eigenvalue weighted by molar-refractivity contribution is -0.385. The second-order valence-electron chi connectivity index (χ2n) is 16.0. The van der Waals surface area contributed by atoms with Crippen LogP contribution in [0.1, 0.15) is 94.4 Å². The maximum atomic E-state index is 12.7. The van der Waals surface area contributed by atoms with Gasteiger partial charge in [0.1, 0.15) is 23.4 Å². The highest BCUT2D eigenvalue weighted by Gasteiger charge is 2.79. The van der Waals surface area contributed by atoms with Crippen LogP contribution in [0.5, 0.6) is 0 Å². The summed E-state index contributed by atoms with van der Waals surface area (Å²) in [6.45, 7) is 17.8. The molecule has 7 rings (SSSR count). The lowest BCUT2D eigenvalue weighted by atomic mass is 9.43. The van der Waals surface area contributed by atoms with Crippen LogP contribution in [0.15, 0.2) is 12.2 Å². The molecule has 3 saturated heterocycles. The smallest absolute Gasteiger partial charge is 0.302 e. The van der Waals surface area contributed by atoms with Crippen molar-refractivity contribution in [1.29, 1.82) is 0 Å². The Bertz CT molecular complexity index is 1290. The molecule has 7 aliphatic rings. The molecule has 4 aliphatic carbocycles. The van der Waals surface area contributed by atoms with Gasteiger partial charge in [-0.2, -0.15) is 0 Å². The molecule has 0 amide bonds. The Morgan fingerprint density at radius 3 is 2.28 bits per heavy atom. The van der Waals surface area contributed by atoms with Gasteiger partial charge in [-0.1, -0.05) is 26.8 Å². The Labute approximate surface area is 254 Å². The van der Waals surface area contributed by atoms with Crippen molar-refractivity contribution < 1.29 is 42.8 Å². The van der Waals surface area contributed by atoms with Crippen molar-refractivity contribution in [3.05, 3.63) is 12.2 Å². The molecule has 0 unspecified atom stereocenters. The van der Waals surface area contributed by atoms with Gasteiger partial charge in [-0.15, -0.1) is 0 Å². The standard InChI is InChI=1S/C34H48O9/c1-17(24-15-31(7)29(4,5)42-33(9,40-24)43-31)20-10-11-21-27-22(14-26(32(20,21)8)39-19(3)36)30(6)13-12-23(37)28-34(30,41-28)16-25(27)38-18(2)35/h12-13,17,20-22,24-28H,10-11,14-16H2,1-9H3/t17-,20+,21-,22-,24+,25+,26-,27-,28-,30+,31+,32+,33-,34-/m0/s1. The highest BCUT2D eigenvalue weighted by atomic mass is 16.9. The Morgan fingerprint density at radius 1 is 0.930 bits per heavy atom. The van der Waals surface area contributed by atoms with Crippen LogP contribution < -0.4 is 0 Å². The summed E-state index contributed by atoms with van der Waals surface area (Å²) in [5, 5.41) is 0. The first kappa shape index (κ1) is 29.9. The zero-order valence-electron chi connectivity index (χ0n) is 27.1. The number of carbonyl (C=O) groups is 3. The molecule has 0 N–H and O–H groups in total. The normalized spacial score (nSPS) is 54.5. The third-order valence-electron chi connectivity index (χ3n) is 13.6. The fraction of sp³-hybridized carbons (Fsp3) is 0.853. The molecule has 2 bridgehead atoms. The zero-order chi connectivity index (χ0) is 31.1. The number of esters is 2. The van der Waals surface area contributed by atoms with Gasteiger partial charge in [-0.25, -0.2) is 0 Å². The van der Waals surface area contributed by atoms with Crippen molar-refractivity contribution in [3.8, 4) is 0 Å². The Hall–Kier alpha value is -1.81. The van der Waals surface area contributed by atoms with Crippen LogP contribution in [0.4, 0.5) is 0 Å². The van der Waals surface area contributed by atoms with Crippen LogP contribution in [-0.4, -0.2) is 64.9 Å². The van der Waals surface area contributed by atoms with E-state index in [0.29, 0.717) is 19.3 Å². The molecule has 14 atom stereocenters. The predicted molar refractivity (Wildman–Crippen MR) is 153 cm³/mol. The molecule has 3 saturated carbocycles. The molecule has 0 aromatic carbocycles. The molecule has 9 nitrogen and oxygen atoms in total. The highest BCUT2D eigenvalue weighted by Crippen LogP contribution is 2.73. The van der Waals surface area contributed by atoms with Crippen molar-refractivity contribution in [3.63, 3.8) is 0 Å². The van der Waals surface area contributed by atoms with Crippen LogP contribution in [0.3, 0.4) is 0 Å². The van der Waals surface area contributed by atoms with Crippen LogP contribution >= 0.6 is 0 Å². The van der Waals surface area contributed by atoms with Gasteiger partial charge in [0, 0.05) is 50.4 Å². The minimum atomic E-state index is -1.11. The summed E-state index contributed by atoms with van der Waals surface area (Å²) in [4.78, 5) is 37.9. The summed E-state index contributed by atoms with van der Waals surface area (Å²) in [6, 6.07) is 0. The van der Waals surface area contributed by atoms with E-state index in [1.54, 1.807) is 6.08 Å². The molecule has 9 heteroatoms. The number of hydrogen-bond donors (Lipinski definition) is 0. The van der Waals surface area contributed by atoms with Crippen molar-refractivity contribution in [1.82, 2.24) is 0 Å². The molecular weight excluding hydrogens is 552 g/mol. The van der Waals surface area contributed by atoms with Gasteiger partial charge in [-0.05, 0) is 69.8 Å². The first-order valence-corrected chi connectivity index (χ1v) is 16.2. The van der Waals surface area contributed by atoms with Crippen LogP contribution in [0.25, 0.3) is 0 Å².